The van der Waals surface area contributed by atoms with Crippen LogP contribution in [0.2, 0.25) is 0 Å². The molecular formula is C20H23BrN2O3S. The summed E-state index contributed by atoms with van der Waals surface area (Å²) in [5, 5.41) is 0. The minimum Gasteiger partial charge on any atom is -0.309 e. The van der Waals surface area contributed by atoms with Gasteiger partial charge in [-0.25, -0.2) is 12.7 Å². The van der Waals surface area contributed by atoms with Gasteiger partial charge in [-0.2, -0.15) is 0 Å². The fourth-order valence-corrected chi connectivity index (χ4v) is 4.70. The molecule has 2 aromatic carbocycles. The zero-order chi connectivity index (χ0) is 19.8. The zero-order valence-corrected chi connectivity index (χ0v) is 18.0. The van der Waals surface area contributed by atoms with Gasteiger partial charge in [-0.1, -0.05) is 28.1 Å². The van der Waals surface area contributed by atoms with E-state index in [0.29, 0.717) is 12.8 Å². The van der Waals surface area contributed by atoms with E-state index in [1.807, 2.05) is 17.0 Å². The van der Waals surface area contributed by atoms with Crippen molar-refractivity contribution in [1.29, 1.82) is 0 Å². The van der Waals surface area contributed by atoms with Crippen molar-refractivity contribution in [3.63, 3.8) is 0 Å². The van der Waals surface area contributed by atoms with Crippen molar-refractivity contribution in [2.45, 2.75) is 37.1 Å². The summed E-state index contributed by atoms with van der Waals surface area (Å²) in [6.07, 6.45) is 1.83. The van der Waals surface area contributed by atoms with Gasteiger partial charge in [0.05, 0.1) is 4.90 Å². The summed E-state index contributed by atoms with van der Waals surface area (Å²) in [6.45, 7) is 2.06. The molecule has 27 heavy (non-hydrogen) atoms. The highest BCUT2D eigenvalue weighted by Gasteiger charge is 2.30. The molecule has 2 aromatic rings. The van der Waals surface area contributed by atoms with Crippen molar-refractivity contribution in [1.82, 2.24) is 4.31 Å². The fraction of sp³-hybridized carbons (Fsp3) is 0.350. The lowest BCUT2D eigenvalue weighted by molar-refractivity contribution is -0.118. The van der Waals surface area contributed by atoms with Crippen LogP contribution < -0.4 is 4.90 Å². The Labute approximate surface area is 169 Å². The number of halogens is 1. The van der Waals surface area contributed by atoms with Gasteiger partial charge in [0.25, 0.3) is 0 Å². The summed E-state index contributed by atoms with van der Waals surface area (Å²) in [6, 6.07) is 12.9. The molecule has 0 bridgehead atoms. The molecule has 0 fully saturated rings. The van der Waals surface area contributed by atoms with Crippen LogP contribution in [0.15, 0.2) is 51.8 Å². The first-order valence-electron chi connectivity index (χ1n) is 8.82. The number of nitrogens with zero attached hydrogens (tertiary/aromatic N) is 2. The summed E-state index contributed by atoms with van der Waals surface area (Å²) in [5.41, 5.74) is 3.12. The van der Waals surface area contributed by atoms with Crippen molar-refractivity contribution in [3.05, 3.63) is 58.1 Å². The summed E-state index contributed by atoms with van der Waals surface area (Å²) in [4.78, 5) is 14.9. The van der Waals surface area contributed by atoms with E-state index in [1.165, 1.54) is 24.0 Å². The van der Waals surface area contributed by atoms with Gasteiger partial charge in [-0.15, -0.1) is 0 Å². The maximum absolute atomic E-state index is 12.8. The topological polar surface area (TPSA) is 57.7 Å². The van der Waals surface area contributed by atoms with E-state index >= 15 is 0 Å². The number of anilines is 1. The standard InChI is InChI=1S/C20H23BrN2O3S/c1-14-12-16-13-17(21)7-10-19(16)23(14)20(24)11-6-15-4-8-18(9-5-15)27(25,26)22(2)3/h4-5,7-10,13-14H,6,11-12H2,1-3H3/t14-/m1/s1. The van der Waals surface area contributed by atoms with Crippen molar-refractivity contribution >= 4 is 37.5 Å². The third-order valence-corrected chi connectivity index (χ3v) is 7.18. The van der Waals surface area contributed by atoms with Crippen LogP contribution in [-0.4, -0.2) is 38.8 Å². The van der Waals surface area contributed by atoms with Crippen LogP contribution >= 0.6 is 15.9 Å². The Hall–Kier alpha value is -1.70. The van der Waals surface area contributed by atoms with Crippen LogP contribution in [0.3, 0.4) is 0 Å². The normalized spacial score (nSPS) is 16.6. The molecule has 3 rings (SSSR count). The molecule has 0 aromatic heterocycles. The molecule has 0 unspecified atom stereocenters. The van der Waals surface area contributed by atoms with Gasteiger partial charge in [0.15, 0.2) is 0 Å². The van der Waals surface area contributed by atoms with Gasteiger partial charge in [0.1, 0.15) is 0 Å². The Morgan fingerprint density at radius 3 is 2.48 bits per heavy atom. The minimum atomic E-state index is -3.43. The maximum Gasteiger partial charge on any atom is 0.242 e. The molecule has 0 spiro atoms. The number of amides is 1. The third-order valence-electron chi connectivity index (χ3n) is 4.86. The zero-order valence-electron chi connectivity index (χ0n) is 15.6. The highest BCUT2D eigenvalue weighted by atomic mass is 79.9. The molecule has 0 aliphatic carbocycles. The first kappa shape index (κ1) is 20.0. The van der Waals surface area contributed by atoms with Crippen LogP contribution in [0.4, 0.5) is 5.69 Å². The smallest absolute Gasteiger partial charge is 0.242 e. The lowest BCUT2D eigenvalue weighted by Gasteiger charge is -2.23. The Morgan fingerprint density at radius 1 is 1.19 bits per heavy atom. The van der Waals surface area contributed by atoms with Crippen LogP contribution in [0.5, 0.6) is 0 Å². The van der Waals surface area contributed by atoms with Gasteiger partial charge < -0.3 is 4.90 Å². The Balaban J connectivity index is 1.68. The van der Waals surface area contributed by atoms with Gasteiger partial charge in [-0.05, 0) is 61.2 Å². The second-order valence-corrected chi connectivity index (χ2v) is 10.1. The number of fused-ring (bicyclic) bond motifs is 1. The highest BCUT2D eigenvalue weighted by Crippen LogP contribution is 2.34. The molecule has 7 heteroatoms. The Kier molecular flexibility index (Phi) is 5.74. The minimum absolute atomic E-state index is 0.0913. The summed E-state index contributed by atoms with van der Waals surface area (Å²) in [7, 11) is -0.409. The lowest BCUT2D eigenvalue weighted by atomic mass is 10.1. The first-order valence-corrected chi connectivity index (χ1v) is 11.1. The molecule has 1 heterocycles. The third kappa shape index (κ3) is 4.10. The molecule has 5 nitrogen and oxygen atoms in total. The SMILES string of the molecule is C[C@@H]1Cc2cc(Br)ccc2N1C(=O)CCc1ccc(S(=O)(=O)N(C)C)cc1. The number of hydrogen-bond acceptors (Lipinski definition) is 3. The second-order valence-electron chi connectivity index (χ2n) is 7.02. The van der Waals surface area contributed by atoms with Crippen molar-refractivity contribution in [2.75, 3.05) is 19.0 Å². The number of aryl methyl sites for hydroxylation is 1. The summed E-state index contributed by atoms with van der Waals surface area (Å²) in [5.74, 6) is 0.0913. The van der Waals surface area contributed by atoms with Gasteiger partial charge >= 0.3 is 0 Å². The predicted octanol–water partition coefficient (Wildman–Crippen LogP) is 3.61. The number of hydrogen-bond donors (Lipinski definition) is 0. The molecule has 0 saturated heterocycles. The molecular weight excluding hydrogens is 428 g/mol. The molecule has 0 saturated carbocycles. The van der Waals surface area contributed by atoms with Crippen molar-refractivity contribution < 1.29 is 13.2 Å². The summed E-state index contributed by atoms with van der Waals surface area (Å²) >= 11 is 3.48. The molecule has 1 amide bonds. The fourth-order valence-electron chi connectivity index (χ4n) is 3.39. The number of sulfonamides is 1. The van der Waals surface area contributed by atoms with Crippen molar-refractivity contribution in [2.24, 2.45) is 0 Å². The maximum atomic E-state index is 12.8. The second kappa shape index (κ2) is 7.73. The number of carbonyl (C=O) groups is 1. The molecule has 0 N–H and O–H groups in total. The van der Waals surface area contributed by atoms with Crippen molar-refractivity contribution in [3.8, 4) is 0 Å². The Bertz CT molecular complexity index is 956. The van der Waals surface area contributed by atoms with Crippen LogP contribution in [-0.2, 0) is 27.7 Å². The average molecular weight is 451 g/mol. The van der Waals surface area contributed by atoms with Crippen LogP contribution in [0.25, 0.3) is 0 Å². The highest BCUT2D eigenvalue weighted by molar-refractivity contribution is 9.10. The van der Waals surface area contributed by atoms with E-state index in [2.05, 4.69) is 28.9 Å². The van der Waals surface area contributed by atoms with Crippen LogP contribution in [0.1, 0.15) is 24.5 Å². The van der Waals surface area contributed by atoms with Gasteiger partial charge in [0.2, 0.25) is 15.9 Å². The number of carbonyl (C=O) groups excluding carboxylic acids is 1. The van der Waals surface area contributed by atoms with E-state index in [0.717, 1.165) is 22.1 Å². The molecule has 0 radical (unpaired) electrons. The van der Waals surface area contributed by atoms with E-state index in [4.69, 9.17) is 0 Å². The monoisotopic (exact) mass is 450 g/mol. The lowest BCUT2D eigenvalue weighted by Crippen LogP contribution is -2.35. The average Bonchev–Trinajstić information content (AvgIpc) is 2.94. The first-order chi connectivity index (χ1) is 12.7. The van der Waals surface area contributed by atoms with Gasteiger partial charge in [-0.3, -0.25) is 4.79 Å². The molecule has 1 aliphatic heterocycles. The predicted molar refractivity (Wildman–Crippen MR) is 110 cm³/mol. The van der Waals surface area contributed by atoms with Gasteiger partial charge in [0, 0.05) is 36.7 Å². The van der Waals surface area contributed by atoms with E-state index in [1.54, 1.807) is 24.3 Å². The summed E-state index contributed by atoms with van der Waals surface area (Å²) < 4.78 is 26.5. The number of benzene rings is 2. The van der Waals surface area contributed by atoms with E-state index in [-0.39, 0.29) is 16.8 Å². The van der Waals surface area contributed by atoms with E-state index in [9.17, 15) is 13.2 Å². The van der Waals surface area contributed by atoms with E-state index < -0.39 is 10.0 Å². The van der Waals surface area contributed by atoms with Crippen LogP contribution in [0, 0.1) is 0 Å². The molecule has 1 atom stereocenters. The Morgan fingerprint density at radius 2 is 1.85 bits per heavy atom. The molecule has 1 aliphatic rings. The quantitative estimate of drug-likeness (QED) is 0.698. The number of rotatable bonds is 5. The largest absolute Gasteiger partial charge is 0.309 e. The molecule has 144 valence electrons.